The van der Waals surface area contributed by atoms with Crippen molar-refractivity contribution in [3.05, 3.63) is 59.1 Å². The van der Waals surface area contributed by atoms with Gasteiger partial charge in [-0.25, -0.2) is 5.43 Å². The van der Waals surface area contributed by atoms with Crippen molar-refractivity contribution < 1.29 is 9.90 Å². The van der Waals surface area contributed by atoms with Crippen LogP contribution in [0.4, 0.5) is 0 Å². The molecule has 0 heterocycles. The minimum absolute atomic E-state index is 0.140. The van der Waals surface area contributed by atoms with Crippen LogP contribution in [0.1, 0.15) is 18.9 Å². The van der Waals surface area contributed by atoms with Crippen LogP contribution < -0.4 is 5.43 Å². The standard InChI is InChI=1S/C17H17ClN2O2S/c1-12(15-4-2-3-5-16(15)21)19-20-17(22)10-11-23-14-8-6-13(18)7-9-14/h2-9,21H,10-11H2,1H3,(H,20,22). The van der Waals surface area contributed by atoms with Crippen molar-refractivity contribution >= 4 is 35.0 Å². The van der Waals surface area contributed by atoms with Crippen LogP contribution in [0, 0.1) is 0 Å². The van der Waals surface area contributed by atoms with Crippen molar-refractivity contribution in [3.63, 3.8) is 0 Å². The first-order chi connectivity index (χ1) is 11.1. The summed E-state index contributed by atoms with van der Waals surface area (Å²) in [5.41, 5.74) is 3.66. The number of thioether (sulfide) groups is 1. The lowest BCUT2D eigenvalue weighted by atomic mass is 10.1. The maximum atomic E-state index is 11.8. The topological polar surface area (TPSA) is 61.7 Å². The summed E-state index contributed by atoms with van der Waals surface area (Å²) in [5.74, 6) is 0.626. The normalized spacial score (nSPS) is 11.3. The number of nitrogens with one attached hydrogen (secondary N) is 1. The molecule has 0 atom stereocenters. The lowest BCUT2D eigenvalue weighted by Gasteiger charge is -2.05. The lowest BCUT2D eigenvalue weighted by molar-refractivity contribution is -0.120. The number of carbonyl (C=O) groups excluding carboxylic acids is 1. The molecule has 0 unspecified atom stereocenters. The van der Waals surface area contributed by atoms with Crippen molar-refractivity contribution in [1.82, 2.24) is 5.43 Å². The van der Waals surface area contributed by atoms with Crippen molar-refractivity contribution in [1.29, 1.82) is 0 Å². The fraction of sp³-hybridized carbons (Fsp3) is 0.176. The van der Waals surface area contributed by atoms with Gasteiger partial charge in [0, 0.05) is 27.7 Å². The molecule has 0 bridgehead atoms. The van der Waals surface area contributed by atoms with Gasteiger partial charge in [0.15, 0.2) is 0 Å². The number of hydrogen-bond donors (Lipinski definition) is 2. The Kier molecular flexibility index (Phi) is 6.50. The van der Waals surface area contributed by atoms with Crippen molar-refractivity contribution in [2.75, 3.05) is 5.75 Å². The predicted molar refractivity (Wildman–Crippen MR) is 95.3 cm³/mol. The molecule has 4 nitrogen and oxygen atoms in total. The highest BCUT2D eigenvalue weighted by Crippen LogP contribution is 2.21. The van der Waals surface area contributed by atoms with Crippen LogP contribution in [0.15, 0.2) is 58.5 Å². The monoisotopic (exact) mass is 348 g/mol. The summed E-state index contributed by atoms with van der Waals surface area (Å²) in [6.45, 7) is 1.73. The molecule has 0 radical (unpaired) electrons. The molecule has 0 aromatic heterocycles. The van der Waals surface area contributed by atoms with Crippen molar-refractivity contribution in [2.24, 2.45) is 5.10 Å². The Morgan fingerprint density at radius 3 is 2.61 bits per heavy atom. The van der Waals surface area contributed by atoms with Crippen LogP contribution in [0.3, 0.4) is 0 Å². The van der Waals surface area contributed by atoms with Gasteiger partial charge in [-0.3, -0.25) is 4.79 Å². The number of aromatic hydroxyl groups is 1. The van der Waals surface area contributed by atoms with Crippen LogP contribution in [-0.2, 0) is 4.79 Å². The maximum absolute atomic E-state index is 11.8. The number of carbonyl (C=O) groups is 1. The van der Waals surface area contributed by atoms with Crippen LogP contribution in [0.5, 0.6) is 5.75 Å². The molecular formula is C17H17ClN2O2S. The highest BCUT2D eigenvalue weighted by molar-refractivity contribution is 7.99. The zero-order valence-electron chi connectivity index (χ0n) is 12.6. The van der Waals surface area contributed by atoms with E-state index in [1.807, 2.05) is 24.3 Å². The molecular weight excluding hydrogens is 332 g/mol. The molecule has 2 aromatic rings. The van der Waals surface area contributed by atoms with Gasteiger partial charge in [-0.2, -0.15) is 5.10 Å². The Bertz CT molecular complexity index is 702. The Hall–Kier alpha value is -1.98. The number of para-hydroxylation sites is 1. The highest BCUT2D eigenvalue weighted by atomic mass is 35.5. The van der Waals surface area contributed by atoms with E-state index >= 15 is 0 Å². The summed E-state index contributed by atoms with van der Waals surface area (Å²) < 4.78 is 0. The Morgan fingerprint density at radius 1 is 1.22 bits per heavy atom. The molecule has 1 amide bonds. The number of hydrazone groups is 1. The molecule has 120 valence electrons. The SMILES string of the molecule is CC(=NNC(=O)CCSc1ccc(Cl)cc1)c1ccccc1O. The van der Waals surface area contributed by atoms with E-state index in [1.165, 1.54) is 0 Å². The number of halogens is 1. The quantitative estimate of drug-likeness (QED) is 0.470. The zero-order valence-corrected chi connectivity index (χ0v) is 14.2. The predicted octanol–water partition coefficient (Wildman–Crippen LogP) is 4.07. The number of hydrogen-bond acceptors (Lipinski definition) is 4. The summed E-state index contributed by atoms with van der Waals surface area (Å²) in [6, 6.07) is 14.4. The zero-order chi connectivity index (χ0) is 16.7. The fourth-order valence-corrected chi connectivity index (χ4v) is 2.81. The summed E-state index contributed by atoms with van der Waals surface area (Å²) in [7, 11) is 0. The lowest BCUT2D eigenvalue weighted by Crippen LogP contribution is -2.19. The van der Waals surface area contributed by atoms with Gasteiger partial charge in [-0.1, -0.05) is 23.7 Å². The number of amides is 1. The maximum Gasteiger partial charge on any atom is 0.240 e. The second-order valence-electron chi connectivity index (χ2n) is 4.80. The molecule has 2 rings (SSSR count). The van der Waals surface area contributed by atoms with Gasteiger partial charge < -0.3 is 5.11 Å². The number of nitrogens with zero attached hydrogens (tertiary/aromatic N) is 1. The minimum atomic E-state index is -0.166. The summed E-state index contributed by atoms with van der Waals surface area (Å²) in [4.78, 5) is 12.9. The van der Waals surface area contributed by atoms with Crippen LogP contribution in [-0.4, -0.2) is 22.5 Å². The average Bonchev–Trinajstić information content (AvgIpc) is 2.55. The Morgan fingerprint density at radius 2 is 1.91 bits per heavy atom. The molecule has 2 aromatic carbocycles. The van der Waals surface area contributed by atoms with Gasteiger partial charge in [0.2, 0.25) is 5.91 Å². The fourth-order valence-electron chi connectivity index (χ4n) is 1.83. The number of phenolic OH excluding ortho intramolecular Hbond substituents is 1. The van der Waals surface area contributed by atoms with Crippen LogP contribution in [0.2, 0.25) is 5.02 Å². The summed E-state index contributed by atoms with van der Waals surface area (Å²) in [5, 5.41) is 14.4. The molecule has 0 spiro atoms. The van der Waals surface area contributed by atoms with Crippen molar-refractivity contribution in [3.8, 4) is 5.75 Å². The molecule has 0 saturated heterocycles. The first kappa shape index (κ1) is 17.4. The van der Waals surface area contributed by atoms with E-state index in [9.17, 15) is 9.90 Å². The third-order valence-corrected chi connectivity index (χ3v) is 4.32. The van der Waals surface area contributed by atoms with E-state index in [1.54, 1.807) is 43.0 Å². The molecule has 2 N–H and O–H groups in total. The number of benzene rings is 2. The second-order valence-corrected chi connectivity index (χ2v) is 6.41. The third kappa shape index (κ3) is 5.62. The first-order valence-electron chi connectivity index (χ1n) is 7.06. The molecule has 0 saturated carbocycles. The molecule has 0 aliphatic rings. The Labute approximate surface area is 144 Å². The van der Waals surface area contributed by atoms with E-state index in [-0.39, 0.29) is 11.7 Å². The largest absolute Gasteiger partial charge is 0.507 e. The Balaban J connectivity index is 1.79. The molecule has 23 heavy (non-hydrogen) atoms. The minimum Gasteiger partial charge on any atom is -0.507 e. The van der Waals surface area contributed by atoms with Gasteiger partial charge in [0.25, 0.3) is 0 Å². The second kappa shape index (κ2) is 8.60. The van der Waals surface area contributed by atoms with Gasteiger partial charge in [-0.15, -0.1) is 11.8 Å². The number of phenols is 1. The third-order valence-electron chi connectivity index (χ3n) is 3.05. The van der Waals surface area contributed by atoms with E-state index in [0.717, 1.165) is 4.90 Å². The van der Waals surface area contributed by atoms with Gasteiger partial charge in [-0.05, 0) is 43.3 Å². The van der Waals surface area contributed by atoms with E-state index < -0.39 is 0 Å². The average molecular weight is 349 g/mol. The molecule has 0 fully saturated rings. The van der Waals surface area contributed by atoms with Crippen LogP contribution >= 0.6 is 23.4 Å². The highest BCUT2D eigenvalue weighted by Gasteiger charge is 2.05. The number of rotatable bonds is 6. The van der Waals surface area contributed by atoms with E-state index in [4.69, 9.17) is 11.6 Å². The van der Waals surface area contributed by atoms with Gasteiger partial charge in [0.1, 0.15) is 5.75 Å². The van der Waals surface area contributed by atoms with Crippen LogP contribution in [0.25, 0.3) is 0 Å². The van der Waals surface area contributed by atoms with E-state index in [2.05, 4.69) is 10.5 Å². The summed E-state index contributed by atoms with van der Waals surface area (Å²) in [6.07, 6.45) is 0.352. The first-order valence-corrected chi connectivity index (χ1v) is 8.42. The molecule has 6 heteroatoms. The molecule has 0 aliphatic carbocycles. The summed E-state index contributed by atoms with van der Waals surface area (Å²) >= 11 is 7.41. The van der Waals surface area contributed by atoms with Gasteiger partial charge in [0.05, 0.1) is 5.71 Å². The smallest absolute Gasteiger partial charge is 0.240 e. The van der Waals surface area contributed by atoms with Gasteiger partial charge >= 0.3 is 0 Å². The van der Waals surface area contributed by atoms with E-state index in [0.29, 0.717) is 28.5 Å². The molecule has 0 aliphatic heterocycles. The van der Waals surface area contributed by atoms with Crippen molar-refractivity contribution in [2.45, 2.75) is 18.2 Å².